The van der Waals surface area contributed by atoms with Crippen LogP contribution in [0.25, 0.3) is 0 Å². The lowest BCUT2D eigenvalue weighted by Crippen LogP contribution is -2.23. The number of nitrogens with zero attached hydrogens (tertiary/aromatic N) is 1. The number of methoxy groups -OCH3 is 2. The molecule has 30 heavy (non-hydrogen) atoms. The lowest BCUT2D eigenvalue weighted by Gasteiger charge is -2.13. The number of pyridine rings is 1. The number of benzene rings is 2. The Morgan fingerprint density at radius 1 is 1.00 bits per heavy atom. The van der Waals surface area contributed by atoms with Crippen LogP contribution in [0.1, 0.15) is 22.8 Å². The van der Waals surface area contributed by atoms with Crippen molar-refractivity contribution in [3.05, 3.63) is 71.9 Å². The Labute approximate surface area is 175 Å². The van der Waals surface area contributed by atoms with Gasteiger partial charge in [-0.25, -0.2) is 4.98 Å². The topological polar surface area (TPSA) is 78.9 Å². The summed E-state index contributed by atoms with van der Waals surface area (Å²) < 4.78 is 21.8. The number of ether oxygens (including phenoxy) is 4. The first-order chi connectivity index (χ1) is 14.6. The fraction of sp³-hybridized carbons (Fsp3) is 0.217. The van der Waals surface area contributed by atoms with E-state index in [1.54, 1.807) is 30.5 Å². The molecular weight excluding hydrogens is 384 g/mol. The first-order valence-corrected chi connectivity index (χ1v) is 9.49. The summed E-state index contributed by atoms with van der Waals surface area (Å²) in [4.78, 5) is 16.8. The summed E-state index contributed by atoms with van der Waals surface area (Å²) in [5.74, 6) is 2.49. The molecule has 2 aromatic carbocycles. The average Bonchev–Trinajstić information content (AvgIpc) is 2.78. The summed E-state index contributed by atoms with van der Waals surface area (Å²) >= 11 is 0. The summed E-state index contributed by atoms with van der Waals surface area (Å²) in [5.41, 5.74) is 1.25. The van der Waals surface area contributed by atoms with Gasteiger partial charge in [0.1, 0.15) is 11.5 Å². The van der Waals surface area contributed by atoms with Gasteiger partial charge in [-0.2, -0.15) is 0 Å². The Morgan fingerprint density at radius 2 is 1.77 bits per heavy atom. The van der Waals surface area contributed by atoms with Gasteiger partial charge in [-0.3, -0.25) is 4.79 Å². The number of hydrogen-bond donors (Lipinski definition) is 1. The smallest absolute Gasteiger partial charge is 0.255 e. The van der Waals surface area contributed by atoms with Gasteiger partial charge in [0.15, 0.2) is 11.5 Å². The molecule has 0 atom stereocenters. The Kier molecular flexibility index (Phi) is 7.10. The number of carbonyl (C=O) groups excluding carboxylic acids is 1. The number of amides is 1. The highest BCUT2D eigenvalue weighted by atomic mass is 16.5. The minimum Gasteiger partial charge on any atom is -0.494 e. The van der Waals surface area contributed by atoms with Crippen molar-refractivity contribution >= 4 is 5.91 Å². The standard InChI is InChI=1S/C23H24N2O5/c1-4-29-17-8-10-18(11-9-17)30-21-14-16(12-13-24-21)15-25-23(26)19-6-5-7-20(27-2)22(19)28-3/h5-14H,4,15H2,1-3H3,(H,25,26). The van der Waals surface area contributed by atoms with E-state index in [-0.39, 0.29) is 5.91 Å². The molecule has 0 aliphatic carbocycles. The van der Waals surface area contributed by atoms with Crippen LogP contribution in [0.3, 0.4) is 0 Å². The third kappa shape index (κ3) is 5.20. The zero-order chi connectivity index (χ0) is 21.3. The van der Waals surface area contributed by atoms with Gasteiger partial charge in [0, 0.05) is 18.8 Å². The number of hydrogen-bond acceptors (Lipinski definition) is 6. The Bertz CT molecular complexity index is 989. The molecule has 0 radical (unpaired) electrons. The second-order valence-corrected chi connectivity index (χ2v) is 6.23. The molecule has 1 aromatic heterocycles. The van der Waals surface area contributed by atoms with E-state index in [1.165, 1.54) is 14.2 Å². The van der Waals surface area contributed by atoms with Crippen LogP contribution in [-0.2, 0) is 6.54 Å². The van der Waals surface area contributed by atoms with Crippen molar-refractivity contribution in [3.63, 3.8) is 0 Å². The zero-order valence-corrected chi connectivity index (χ0v) is 17.2. The number of nitrogens with one attached hydrogen (secondary N) is 1. The van der Waals surface area contributed by atoms with Crippen LogP contribution in [0.15, 0.2) is 60.8 Å². The average molecular weight is 408 g/mol. The van der Waals surface area contributed by atoms with Crippen LogP contribution < -0.4 is 24.3 Å². The molecule has 3 aromatic rings. The van der Waals surface area contributed by atoms with Crippen LogP contribution in [0.5, 0.6) is 28.9 Å². The van der Waals surface area contributed by atoms with E-state index < -0.39 is 0 Å². The zero-order valence-electron chi connectivity index (χ0n) is 17.2. The third-order valence-corrected chi connectivity index (χ3v) is 4.26. The SMILES string of the molecule is CCOc1ccc(Oc2cc(CNC(=O)c3cccc(OC)c3OC)ccn2)cc1. The molecule has 156 valence electrons. The highest BCUT2D eigenvalue weighted by Gasteiger charge is 2.16. The molecule has 1 amide bonds. The largest absolute Gasteiger partial charge is 0.494 e. The second-order valence-electron chi connectivity index (χ2n) is 6.23. The summed E-state index contributed by atoms with van der Waals surface area (Å²) in [7, 11) is 3.03. The second kappa shape index (κ2) is 10.2. The van der Waals surface area contributed by atoms with Gasteiger partial charge in [-0.1, -0.05) is 6.07 Å². The van der Waals surface area contributed by atoms with E-state index in [4.69, 9.17) is 18.9 Å². The fourth-order valence-corrected chi connectivity index (χ4v) is 2.85. The minimum absolute atomic E-state index is 0.267. The van der Waals surface area contributed by atoms with Crippen molar-refractivity contribution in [1.82, 2.24) is 10.3 Å². The summed E-state index contributed by atoms with van der Waals surface area (Å²) in [5, 5.41) is 2.88. The number of aromatic nitrogens is 1. The number of para-hydroxylation sites is 1. The van der Waals surface area contributed by atoms with Crippen LogP contribution in [0.4, 0.5) is 0 Å². The van der Waals surface area contributed by atoms with Gasteiger partial charge in [-0.05, 0) is 55.0 Å². The van der Waals surface area contributed by atoms with Crippen LogP contribution in [0, 0.1) is 0 Å². The van der Waals surface area contributed by atoms with E-state index in [9.17, 15) is 4.79 Å². The third-order valence-electron chi connectivity index (χ3n) is 4.26. The lowest BCUT2D eigenvalue weighted by molar-refractivity contribution is 0.0947. The normalized spacial score (nSPS) is 10.2. The van der Waals surface area contributed by atoms with Gasteiger partial charge >= 0.3 is 0 Å². The maximum atomic E-state index is 12.6. The van der Waals surface area contributed by atoms with Gasteiger partial charge in [0.25, 0.3) is 5.91 Å². The van der Waals surface area contributed by atoms with Crippen molar-refractivity contribution in [1.29, 1.82) is 0 Å². The monoisotopic (exact) mass is 408 g/mol. The maximum Gasteiger partial charge on any atom is 0.255 e. The van der Waals surface area contributed by atoms with Gasteiger partial charge in [0.05, 0.1) is 26.4 Å². The van der Waals surface area contributed by atoms with Crippen molar-refractivity contribution in [2.24, 2.45) is 0 Å². The first kappa shape index (κ1) is 21.0. The number of rotatable bonds is 9. The van der Waals surface area contributed by atoms with Gasteiger partial charge in [-0.15, -0.1) is 0 Å². The Morgan fingerprint density at radius 3 is 2.47 bits per heavy atom. The highest BCUT2D eigenvalue weighted by Crippen LogP contribution is 2.30. The van der Waals surface area contributed by atoms with Gasteiger partial charge < -0.3 is 24.3 Å². The molecule has 0 unspecified atom stereocenters. The van der Waals surface area contributed by atoms with Crippen LogP contribution in [0.2, 0.25) is 0 Å². The van der Waals surface area contributed by atoms with E-state index in [1.807, 2.05) is 37.3 Å². The van der Waals surface area contributed by atoms with Crippen molar-refractivity contribution in [2.75, 3.05) is 20.8 Å². The van der Waals surface area contributed by atoms with Crippen molar-refractivity contribution in [3.8, 4) is 28.9 Å². The molecule has 0 saturated heterocycles. The molecule has 0 saturated carbocycles. The molecular formula is C23H24N2O5. The van der Waals surface area contributed by atoms with E-state index in [2.05, 4.69) is 10.3 Å². The van der Waals surface area contributed by atoms with E-state index >= 15 is 0 Å². The van der Waals surface area contributed by atoms with Crippen molar-refractivity contribution in [2.45, 2.75) is 13.5 Å². The maximum absolute atomic E-state index is 12.6. The summed E-state index contributed by atoms with van der Waals surface area (Å²) in [6, 6.07) is 16.1. The number of carbonyl (C=O) groups is 1. The van der Waals surface area contributed by atoms with Gasteiger partial charge in [0.2, 0.25) is 5.88 Å². The highest BCUT2D eigenvalue weighted by molar-refractivity contribution is 5.97. The van der Waals surface area contributed by atoms with Crippen molar-refractivity contribution < 1.29 is 23.7 Å². The molecule has 0 aliphatic rings. The molecule has 1 heterocycles. The predicted molar refractivity (Wildman–Crippen MR) is 113 cm³/mol. The molecule has 7 nitrogen and oxygen atoms in total. The first-order valence-electron chi connectivity index (χ1n) is 9.49. The molecule has 1 N–H and O–H groups in total. The summed E-state index contributed by atoms with van der Waals surface area (Å²) in [6.07, 6.45) is 1.64. The molecule has 0 bridgehead atoms. The Balaban J connectivity index is 1.65. The van der Waals surface area contributed by atoms with E-state index in [0.29, 0.717) is 41.8 Å². The molecule has 3 rings (SSSR count). The van der Waals surface area contributed by atoms with Crippen LogP contribution >= 0.6 is 0 Å². The Hall–Kier alpha value is -3.74. The molecule has 0 spiro atoms. The lowest BCUT2D eigenvalue weighted by atomic mass is 10.1. The van der Waals surface area contributed by atoms with Crippen LogP contribution in [-0.4, -0.2) is 31.7 Å². The minimum atomic E-state index is -0.267. The summed E-state index contributed by atoms with van der Waals surface area (Å²) in [6.45, 7) is 2.85. The molecule has 7 heteroatoms. The molecule has 0 fully saturated rings. The van der Waals surface area contributed by atoms with E-state index in [0.717, 1.165) is 11.3 Å². The predicted octanol–water partition coefficient (Wildman–Crippen LogP) is 4.22. The quantitative estimate of drug-likeness (QED) is 0.571. The molecule has 0 aliphatic heterocycles. The fourth-order valence-electron chi connectivity index (χ4n) is 2.85.